The number of hydrogen-bond donors (Lipinski definition) is 2. The van der Waals surface area contributed by atoms with Crippen molar-refractivity contribution in [3.05, 3.63) is 0 Å². The van der Waals surface area contributed by atoms with Crippen LogP contribution >= 0.6 is 0 Å². The van der Waals surface area contributed by atoms with E-state index in [1.807, 2.05) is 13.8 Å². The van der Waals surface area contributed by atoms with Crippen LogP contribution in [0.5, 0.6) is 0 Å². The third-order valence-electron chi connectivity index (χ3n) is 4.70. The molecule has 1 unspecified atom stereocenters. The van der Waals surface area contributed by atoms with Crippen LogP contribution in [0.1, 0.15) is 73.1 Å². The minimum Gasteiger partial charge on any atom is -0.480 e. The second-order valence-corrected chi connectivity index (χ2v) is 7.45. The smallest absolute Gasteiger partial charge is 0.323 e. The number of hydrogen-bond acceptors (Lipinski definition) is 2. The minimum absolute atomic E-state index is 0.367. The van der Waals surface area contributed by atoms with Crippen molar-refractivity contribution in [2.45, 2.75) is 84.7 Å². The molecule has 0 spiro atoms. The highest BCUT2D eigenvalue weighted by atomic mass is 16.4. The zero-order chi connectivity index (χ0) is 14.7. The van der Waals surface area contributed by atoms with Gasteiger partial charge < -0.3 is 5.11 Å². The SMILES string of the molecule is CCCC(C)(NC1CCC(C(C)(C)C)CC1)C(=O)O. The molecule has 2 N–H and O–H groups in total. The van der Waals surface area contributed by atoms with E-state index in [-0.39, 0.29) is 0 Å². The van der Waals surface area contributed by atoms with Gasteiger partial charge in [-0.3, -0.25) is 10.1 Å². The van der Waals surface area contributed by atoms with Gasteiger partial charge in [0.15, 0.2) is 0 Å². The van der Waals surface area contributed by atoms with Crippen LogP contribution in [-0.2, 0) is 4.79 Å². The van der Waals surface area contributed by atoms with E-state index >= 15 is 0 Å². The maximum atomic E-state index is 11.4. The summed E-state index contributed by atoms with van der Waals surface area (Å²) in [5, 5.41) is 12.8. The number of carboxylic acid groups (broad SMARTS) is 1. The van der Waals surface area contributed by atoms with Gasteiger partial charge in [0.1, 0.15) is 5.54 Å². The van der Waals surface area contributed by atoms with E-state index < -0.39 is 11.5 Å². The first-order valence-electron chi connectivity index (χ1n) is 7.70. The predicted octanol–water partition coefficient (Wildman–Crippen LogP) is 3.82. The molecule has 3 heteroatoms. The van der Waals surface area contributed by atoms with Crippen LogP contribution in [-0.4, -0.2) is 22.7 Å². The maximum Gasteiger partial charge on any atom is 0.323 e. The minimum atomic E-state index is -0.756. The van der Waals surface area contributed by atoms with Gasteiger partial charge in [0.2, 0.25) is 0 Å². The summed E-state index contributed by atoms with van der Waals surface area (Å²) in [4.78, 5) is 11.4. The highest BCUT2D eigenvalue weighted by Crippen LogP contribution is 2.38. The third-order valence-corrected chi connectivity index (χ3v) is 4.70. The zero-order valence-electron chi connectivity index (χ0n) is 13.3. The Morgan fingerprint density at radius 2 is 1.68 bits per heavy atom. The fraction of sp³-hybridized carbons (Fsp3) is 0.938. The van der Waals surface area contributed by atoms with E-state index in [1.165, 1.54) is 12.8 Å². The van der Waals surface area contributed by atoms with Crippen molar-refractivity contribution in [2.24, 2.45) is 11.3 Å². The molecule has 1 aliphatic carbocycles. The van der Waals surface area contributed by atoms with Crippen molar-refractivity contribution >= 4 is 5.97 Å². The molecule has 0 saturated heterocycles. The number of rotatable bonds is 5. The van der Waals surface area contributed by atoms with Gasteiger partial charge in [-0.2, -0.15) is 0 Å². The molecular weight excluding hydrogens is 238 g/mol. The molecule has 19 heavy (non-hydrogen) atoms. The molecule has 0 aromatic carbocycles. The van der Waals surface area contributed by atoms with Gasteiger partial charge in [0, 0.05) is 6.04 Å². The second-order valence-electron chi connectivity index (χ2n) is 7.45. The van der Waals surface area contributed by atoms with Gasteiger partial charge in [0.05, 0.1) is 0 Å². The van der Waals surface area contributed by atoms with Crippen molar-refractivity contribution in [1.82, 2.24) is 5.32 Å². The number of nitrogens with one attached hydrogen (secondary N) is 1. The maximum absolute atomic E-state index is 11.4. The fourth-order valence-corrected chi connectivity index (χ4v) is 3.30. The van der Waals surface area contributed by atoms with Crippen LogP contribution in [0, 0.1) is 11.3 Å². The molecule has 3 nitrogen and oxygen atoms in total. The molecule has 0 heterocycles. The average Bonchev–Trinajstić information content (AvgIpc) is 2.28. The quantitative estimate of drug-likeness (QED) is 0.797. The van der Waals surface area contributed by atoms with Crippen molar-refractivity contribution in [3.8, 4) is 0 Å². The van der Waals surface area contributed by atoms with E-state index in [2.05, 4.69) is 26.1 Å². The van der Waals surface area contributed by atoms with Crippen molar-refractivity contribution in [1.29, 1.82) is 0 Å². The monoisotopic (exact) mass is 269 g/mol. The Hall–Kier alpha value is -0.570. The molecule has 112 valence electrons. The lowest BCUT2D eigenvalue weighted by Crippen LogP contribution is -2.54. The second kappa shape index (κ2) is 6.25. The largest absolute Gasteiger partial charge is 0.480 e. The average molecular weight is 269 g/mol. The normalized spacial score (nSPS) is 27.8. The molecular formula is C16H31NO2. The summed E-state index contributed by atoms with van der Waals surface area (Å²) in [6, 6.07) is 0.367. The molecule has 0 amide bonds. The Labute approximate surface area is 118 Å². The van der Waals surface area contributed by atoms with Gasteiger partial charge in [-0.05, 0) is 50.4 Å². The van der Waals surface area contributed by atoms with Crippen LogP contribution in [0.2, 0.25) is 0 Å². The highest BCUT2D eigenvalue weighted by molar-refractivity contribution is 5.78. The summed E-state index contributed by atoms with van der Waals surface area (Å²) in [6.07, 6.45) is 6.23. The van der Waals surface area contributed by atoms with Crippen molar-refractivity contribution < 1.29 is 9.90 Å². The molecule has 1 atom stereocenters. The summed E-state index contributed by atoms with van der Waals surface area (Å²) >= 11 is 0. The Morgan fingerprint density at radius 3 is 2.05 bits per heavy atom. The first-order chi connectivity index (χ1) is 8.69. The van der Waals surface area contributed by atoms with Gasteiger partial charge in [-0.25, -0.2) is 0 Å². The Kier molecular flexibility index (Phi) is 5.43. The Morgan fingerprint density at radius 1 is 1.16 bits per heavy atom. The summed E-state index contributed by atoms with van der Waals surface area (Å²) in [5.41, 5.74) is -0.377. The van der Waals surface area contributed by atoms with Crippen LogP contribution in [0.4, 0.5) is 0 Å². The Bertz CT molecular complexity index is 300. The van der Waals surface area contributed by atoms with Crippen molar-refractivity contribution in [3.63, 3.8) is 0 Å². The van der Waals surface area contributed by atoms with E-state index in [1.54, 1.807) is 0 Å². The van der Waals surface area contributed by atoms with Crippen LogP contribution < -0.4 is 5.32 Å². The van der Waals surface area contributed by atoms with Gasteiger partial charge >= 0.3 is 5.97 Å². The zero-order valence-corrected chi connectivity index (χ0v) is 13.3. The number of carboxylic acids is 1. The van der Waals surface area contributed by atoms with E-state index in [4.69, 9.17) is 0 Å². The fourth-order valence-electron chi connectivity index (χ4n) is 3.30. The summed E-state index contributed by atoms with van der Waals surface area (Å²) in [7, 11) is 0. The summed E-state index contributed by atoms with van der Waals surface area (Å²) < 4.78 is 0. The molecule has 1 saturated carbocycles. The lowest BCUT2D eigenvalue weighted by molar-refractivity contribution is -0.145. The third kappa shape index (κ3) is 4.48. The number of carbonyl (C=O) groups is 1. The van der Waals surface area contributed by atoms with Gasteiger partial charge in [-0.15, -0.1) is 0 Å². The predicted molar refractivity (Wildman–Crippen MR) is 79.3 cm³/mol. The molecule has 0 aliphatic heterocycles. The van der Waals surface area contributed by atoms with Crippen LogP contribution in [0.15, 0.2) is 0 Å². The Balaban J connectivity index is 2.54. The number of aliphatic carboxylic acids is 1. The lowest BCUT2D eigenvalue weighted by atomic mass is 9.71. The molecule has 0 bridgehead atoms. The van der Waals surface area contributed by atoms with E-state index in [0.717, 1.165) is 25.2 Å². The molecule has 0 radical (unpaired) electrons. The van der Waals surface area contributed by atoms with Gasteiger partial charge in [0.25, 0.3) is 0 Å². The molecule has 0 aromatic rings. The lowest BCUT2D eigenvalue weighted by Gasteiger charge is -2.40. The van der Waals surface area contributed by atoms with Crippen LogP contribution in [0.25, 0.3) is 0 Å². The molecule has 1 rings (SSSR count). The summed E-state index contributed by atoms with van der Waals surface area (Å²) in [5.74, 6) is 0.0557. The molecule has 1 aliphatic rings. The van der Waals surface area contributed by atoms with Crippen LogP contribution in [0.3, 0.4) is 0 Å². The molecule has 0 aromatic heterocycles. The van der Waals surface area contributed by atoms with E-state index in [0.29, 0.717) is 17.9 Å². The van der Waals surface area contributed by atoms with Gasteiger partial charge in [-0.1, -0.05) is 34.1 Å². The topological polar surface area (TPSA) is 49.3 Å². The van der Waals surface area contributed by atoms with Crippen molar-refractivity contribution in [2.75, 3.05) is 0 Å². The van der Waals surface area contributed by atoms with E-state index in [9.17, 15) is 9.90 Å². The first kappa shape index (κ1) is 16.5. The standard InChI is InChI=1S/C16H31NO2/c1-6-11-16(5,14(18)19)17-13-9-7-12(8-10-13)15(2,3)4/h12-13,17H,6-11H2,1-5H3,(H,18,19). The summed E-state index contributed by atoms with van der Waals surface area (Å²) in [6.45, 7) is 10.8. The molecule has 1 fully saturated rings. The first-order valence-corrected chi connectivity index (χ1v) is 7.70. The highest BCUT2D eigenvalue weighted by Gasteiger charge is 2.36.